The molecule has 8 heteroatoms. The highest BCUT2D eigenvalue weighted by Crippen LogP contribution is 2.43. The molecule has 4 nitrogen and oxygen atoms in total. The predicted octanol–water partition coefficient (Wildman–Crippen LogP) is 7.12. The minimum Gasteiger partial charge on any atom is -0.460 e. The van der Waals surface area contributed by atoms with Crippen LogP contribution in [0.5, 0.6) is 11.5 Å². The number of ether oxygens (including phenoxy) is 2. The number of rotatable bonds is 9. The van der Waals surface area contributed by atoms with Crippen molar-refractivity contribution in [1.29, 1.82) is 0 Å². The van der Waals surface area contributed by atoms with E-state index >= 15 is 0 Å². The molecule has 0 fully saturated rings. The quantitative estimate of drug-likeness (QED) is 0.207. The number of alkyl halides is 4. The van der Waals surface area contributed by atoms with Crippen molar-refractivity contribution in [2.75, 3.05) is 0 Å². The lowest BCUT2D eigenvalue weighted by Crippen LogP contribution is -2.44. The average Bonchev–Trinajstić information content (AvgIpc) is 2.66. The van der Waals surface area contributed by atoms with Gasteiger partial charge in [0, 0.05) is 17.2 Å². The van der Waals surface area contributed by atoms with E-state index in [-0.39, 0.29) is 18.8 Å². The molecular formula is C23H24Cl4O4. The summed E-state index contributed by atoms with van der Waals surface area (Å²) in [6.07, 6.45) is -0.0256. The van der Waals surface area contributed by atoms with Crippen molar-refractivity contribution in [3.05, 3.63) is 60.2 Å². The molecule has 2 unspecified atom stereocenters. The fourth-order valence-corrected chi connectivity index (χ4v) is 4.26. The first-order chi connectivity index (χ1) is 14.4. The molecule has 0 aliphatic rings. The molecule has 0 saturated heterocycles. The summed E-state index contributed by atoms with van der Waals surface area (Å²) >= 11 is 24.0. The third-order valence-corrected chi connectivity index (χ3v) is 6.04. The Morgan fingerprint density at radius 1 is 0.968 bits per heavy atom. The Hall–Kier alpha value is -1.46. The van der Waals surface area contributed by atoms with Crippen LogP contribution >= 0.6 is 46.4 Å². The third kappa shape index (κ3) is 7.87. The molecule has 0 radical (unpaired) electrons. The molecule has 0 bridgehead atoms. The van der Waals surface area contributed by atoms with Crippen LogP contribution in [-0.4, -0.2) is 20.9 Å². The number of esters is 1. The number of ketones is 1. The molecule has 0 amide bonds. The summed E-state index contributed by atoms with van der Waals surface area (Å²) in [6, 6.07) is 16.5. The number of halogens is 4. The second-order valence-electron chi connectivity index (χ2n) is 7.82. The van der Waals surface area contributed by atoms with Gasteiger partial charge in [0.05, 0.1) is 0 Å². The van der Waals surface area contributed by atoms with Gasteiger partial charge in [-0.1, -0.05) is 79.0 Å². The minimum absolute atomic E-state index is 0.0256. The number of hydrogen-bond acceptors (Lipinski definition) is 4. The van der Waals surface area contributed by atoms with Crippen LogP contribution in [0, 0.1) is 11.3 Å². The number of benzene rings is 2. The van der Waals surface area contributed by atoms with Crippen molar-refractivity contribution >= 4 is 58.2 Å². The summed E-state index contributed by atoms with van der Waals surface area (Å²) in [5.41, 5.74) is -0.280. The Kier molecular flexibility index (Phi) is 9.08. The first kappa shape index (κ1) is 25.8. The van der Waals surface area contributed by atoms with Gasteiger partial charge in [0.25, 0.3) is 0 Å². The zero-order chi connectivity index (χ0) is 23.2. The van der Waals surface area contributed by atoms with Crippen LogP contribution < -0.4 is 4.74 Å². The Labute approximate surface area is 202 Å². The summed E-state index contributed by atoms with van der Waals surface area (Å²) in [4.78, 5) is 25.1. The molecular weight excluding hydrogens is 482 g/mol. The Morgan fingerprint density at radius 2 is 1.58 bits per heavy atom. The van der Waals surface area contributed by atoms with Crippen LogP contribution in [0.3, 0.4) is 0 Å². The molecule has 0 N–H and O–H groups in total. The second kappa shape index (κ2) is 10.9. The van der Waals surface area contributed by atoms with Crippen molar-refractivity contribution in [2.24, 2.45) is 11.3 Å². The summed E-state index contributed by atoms with van der Waals surface area (Å²) in [7, 11) is 0. The topological polar surface area (TPSA) is 52.6 Å². The highest BCUT2D eigenvalue weighted by molar-refractivity contribution is 6.67. The molecule has 0 spiro atoms. The van der Waals surface area contributed by atoms with Gasteiger partial charge in [-0.15, -0.1) is 11.6 Å². The molecule has 31 heavy (non-hydrogen) atoms. The second-order valence-corrected chi connectivity index (χ2v) is 10.9. The van der Waals surface area contributed by atoms with E-state index in [9.17, 15) is 9.59 Å². The lowest BCUT2D eigenvalue weighted by molar-refractivity contribution is -0.157. The fourth-order valence-electron chi connectivity index (χ4n) is 3.20. The maximum atomic E-state index is 12.8. The molecule has 2 aromatic carbocycles. The maximum absolute atomic E-state index is 12.8. The largest absolute Gasteiger partial charge is 0.460 e. The Morgan fingerprint density at radius 3 is 2.16 bits per heavy atom. The number of para-hydroxylation sites is 1. The van der Waals surface area contributed by atoms with E-state index in [4.69, 9.17) is 55.9 Å². The van der Waals surface area contributed by atoms with Gasteiger partial charge in [0.15, 0.2) is 3.79 Å². The van der Waals surface area contributed by atoms with Gasteiger partial charge in [-0.3, -0.25) is 9.59 Å². The molecule has 0 saturated carbocycles. The minimum atomic E-state index is -1.60. The van der Waals surface area contributed by atoms with Crippen LogP contribution in [0.25, 0.3) is 0 Å². The van der Waals surface area contributed by atoms with Gasteiger partial charge in [-0.05, 0) is 36.8 Å². The van der Waals surface area contributed by atoms with E-state index in [1.807, 2.05) is 30.3 Å². The lowest BCUT2D eigenvalue weighted by Gasteiger charge is -2.36. The van der Waals surface area contributed by atoms with Gasteiger partial charge in [0.1, 0.15) is 29.8 Å². The predicted molar refractivity (Wildman–Crippen MR) is 125 cm³/mol. The standard InChI is InChI=1S/C23H24Cl4O4/c1-15(28)20(22(2,3)19(24)13-23(25,26)27)21(29)30-14-16-8-7-11-18(12-16)31-17-9-5-4-6-10-17/h4-12,19-20H,13-14H2,1-3H3. The molecule has 0 aliphatic carbocycles. The summed E-state index contributed by atoms with van der Waals surface area (Å²) in [5.74, 6) is -0.858. The molecule has 2 atom stereocenters. The summed E-state index contributed by atoms with van der Waals surface area (Å²) in [5, 5.41) is -0.746. The maximum Gasteiger partial charge on any atom is 0.317 e. The molecule has 2 rings (SSSR count). The van der Waals surface area contributed by atoms with Gasteiger partial charge < -0.3 is 9.47 Å². The normalized spacial score (nSPS) is 13.9. The van der Waals surface area contributed by atoms with Gasteiger partial charge in [-0.2, -0.15) is 0 Å². The molecule has 0 aromatic heterocycles. The highest BCUT2D eigenvalue weighted by atomic mass is 35.6. The van der Waals surface area contributed by atoms with E-state index in [2.05, 4.69) is 0 Å². The van der Waals surface area contributed by atoms with Crippen molar-refractivity contribution in [3.8, 4) is 11.5 Å². The van der Waals surface area contributed by atoms with E-state index in [0.29, 0.717) is 17.1 Å². The summed E-state index contributed by atoms with van der Waals surface area (Å²) < 4.78 is 9.64. The molecule has 2 aromatic rings. The van der Waals surface area contributed by atoms with Crippen LogP contribution in [0.2, 0.25) is 0 Å². The monoisotopic (exact) mass is 504 g/mol. The average molecular weight is 506 g/mol. The SMILES string of the molecule is CC(=O)C(C(=O)OCc1cccc(Oc2ccccc2)c1)C(C)(C)C(Cl)CC(Cl)(Cl)Cl. The molecule has 0 heterocycles. The Balaban J connectivity index is 2.08. The van der Waals surface area contributed by atoms with Gasteiger partial charge in [0.2, 0.25) is 0 Å². The van der Waals surface area contributed by atoms with Gasteiger partial charge in [-0.25, -0.2) is 0 Å². The zero-order valence-corrected chi connectivity index (χ0v) is 20.4. The zero-order valence-electron chi connectivity index (χ0n) is 17.4. The molecule has 0 aliphatic heterocycles. The first-order valence-corrected chi connectivity index (χ1v) is 11.2. The Bertz CT molecular complexity index is 894. The van der Waals surface area contributed by atoms with E-state index in [1.165, 1.54) is 6.92 Å². The van der Waals surface area contributed by atoms with Crippen LogP contribution in [0.4, 0.5) is 0 Å². The number of carbonyl (C=O) groups is 2. The number of hydrogen-bond donors (Lipinski definition) is 0. The fraction of sp³-hybridized carbons (Fsp3) is 0.391. The van der Waals surface area contributed by atoms with Crippen molar-refractivity contribution in [2.45, 2.75) is 43.0 Å². The van der Waals surface area contributed by atoms with E-state index < -0.39 is 26.5 Å². The number of Topliss-reactive ketones (excluding diaryl/α,β-unsaturated/α-hetero) is 1. The van der Waals surface area contributed by atoms with Crippen molar-refractivity contribution in [3.63, 3.8) is 0 Å². The smallest absolute Gasteiger partial charge is 0.317 e. The van der Waals surface area contributed by atoms with Gasteiger partial charge >= 0.3 is 5.97 Å². The van der Waals surface area contributed by atoms with Crippen LogP contribution in [0.1, 0.15) is 32.8 Å². The van der Waals surface area contributed by atoms with E-state index in [0.717, 1.165) is 0 Å². The first-order valence-electron chi connectivity index (χ1n) is 9.60. The van der Waals surface area contributed by atoms with Crippen LogP contribution in [0.15, 0.2) is 54.6 Å². The summed E-state index contributed by atoms with van der Waals surface area (Å²) in [6.45, 7) is 4.66. The van der Waals surface area contributed by atoms with E-state index in [1.54, 1.807) is 38.1 Å². The van der Waals surface area contributed by atoms with Crippen LogP contribution in [-0.2, 0) is 20.9 Å². The molecule has 168 valence electrons. The van der Waals surface area contributed by atoms with Crippen molar-refractivity contribution in [1.82, 2.24) is 0 Å². The number of carbonyl (C=O) groups excluding carboxylic acids is 2. The van der Waals surface area contributed by atoms with Crippen molar-refractivity contribution < 1.29 is 19.1 Å². The lowest BCUT2D eigenvalue weighted by atomic mass is 9.73. The third-order valence-electron chi connectivity index (χ3n) is 4.86. The highest BCUT2D eigenvalue weighted by Gasteiger charge is 2.46.